The molecule has 0 aliphatic heterocycles. The molecule has 0 saturated carbocycles. The van der Waals surface area contributed by atoms with Crippen LogP contribution in [0, 0.1) is 0 Å². The van der Waals surface area contributed by atoms with Crippen LogP contribution < -0.4 is 0 Å². The molecule has 0 fully saturated rings. The molecule has 0 aliphatic carbocycles. The summed E-state index contributed by atoms with van der Waals surface area (Å²) in [5.41, 5.74) is 2.29. The highest BCUT2D eigenvalue weighted by atomic mass is 16.5. The van der Waals surface area contributed by atoms with Crippen molar-refractivity contribution in [3.05, 3.63) is 29.1 Å². The van der Waals surface area contributed by atoms with E-state index in [1.807, 2.05) is 46.9 Å². The number of rotatable bonds is 3. The van der Waals surface area contributed by atoms with Crippen LogP contribution in [0.1, 0.15) is 56.2 Å². The number of esters is 1. The van der Waals surface area contributed by atoms with E-state index in [0.717, 1.165) is 17.7 Å². The van der Waals surface area contributed by atoms with Gasteiger partial charge >= 0.3 is 5.97 Å². The molecule has 0 unspecified atom stereocenters. The predicted molar refractivity (Wildman–Crippen MR) is 68.3 cm³/mol. The Morgan fingerprint density at radius 1 is 1.35 bits per heavy atom. The molecule has 0 radical (unpaired) electrons. The molecule has 0 amide bonds. The lowest BCUT2D eigenvalue weighted by Gasteiger charge is -2.21. The smallest absolute Gasteiger partial charge is 0.340 e. The van der Waals surface area contributed by atoms with Gasteiger partial charge in [-0.05, 0) is 25.0 Å². The van der Waals surface area contributed by atoms with Crippen LogP contribution in [0.25, 0.3) is 0 Å². The fraction of sp³-hybridized carbons (Fsp3) is 0.571. The molecular formula is C14H21NO2. The summed E-state index contributed by atoms with van der Waals surface area (Å²) in [7, 11) is 0. The van der Waals surface area contributed by atoms with Gasteiger partial charge in [-0.3, -0.25) is 4.98 Å². The topological polar surface area (TPSA) is 39.2 Å². The minimum absolute atomic E-state index is 0.158. The van der Waals surface area contributed by atoms with Crippen LogP contribution >= 0.6 is 0 Å². The first-order chi connectivity index (χ1) is 7.90. The first kappa shape index (κ1) is 13.7. The second-order valence-corrected chi connectivity index (χ2v) is 5.06. The predicted octanol–water partition coefficient (Wildman–Crippen LogP) is 3.12. The Morgan fingerprint density at radius 3 is 2.47 bits per heavy atom. The van der Waals surface area contributed by atoms with Gasteiger partial charge in [-0.25, -0.2) is 4.79 Å². The molecule has 0 bridgehead atoms. The highest BCUT2D eigenvalue weighted by Gasteiger charge is 2.24. The van der Waals surface area contributed by atoms with E-state index in [9.17, 15) is 4.79 Å². The molecule has 0 spiro atoms. The van der Waals surface area contributed by atoms with Gasteiger partial charge in [0.25, 0.3) is 0 Å². The summed E-state index contributed by atoms with van der Waals surface area (Å²) in [6, 6.07) is 1.89. The van der Waals surface area contributed by atoms with Crippen LogP contribution in [0.15, 0.2) is 12.3 Å². The van der Waals surface area contributed by atoms with Crippen LogP contribution in [0.4, 0.5) is 0 Å². The molecule has 0 N–H and O–H groups in total. The maximum absolute atomic E-state index is 11.9. The fourth-order valence-corrected chi connectivity index (χ4v) is 1.66. The summed E-state index contributed by atoms with van der Waals surface area (Å²) in [6.45, 7) is 10.4. The minimum Gasteiger partial charge on any atom is -0.462 e. The third-order valence-electron chi connectivity index (χ3n) is 2.56. The maximum atomic E-state index is 11.9. The number of ether oxygens (including phenoxy) is 1. The van der Waals surface area contributed by atoms with Gasteiger partial charge in [-0.2, -0.15) is 0 Å². The average Bonchev–Trinajstić information content (AvgIpc) is 2.27. The molecule has 1 aromatic rings. The number of aromatic nitrogens is 1. The number of carbonyl (C=O) groups is 1. The Kier molecular flexibility index (Phi) is 4.27. The summed E-state index contributed by atoms with van der Waals surface area (Å²) in [5, 5.41) is 0. The van der Waals surface area contributed by atoms with E-state index in [-0.39, 0.29) is 11.4 Å². The lowest BCUT2D eigenvalue weighted by molar-refractivity contribution is 0.0522. The Labute approximate surface area is 103 Å². The Balaban J connectivity index is 3.26. The zero-order valence-electron chi connectivity index (χ0n) is 11.3. The lowest BCUT2D eigenvalue weighted by Crippen LogP contribution is -2.20. The second kappa shape index (κ2) is 5.30. The zero-order chi connectivity index (χ0) is 13.1. The normalized spacial score (nSPS) is 11.4. The summed E-state index contributed by atoms with van der Waals surface area (Å²) >= 11 is 0. The van der Waals surface area contributed by atoms with Crippen LogP contribution in [0.5, 0.6) is 0 Å². The number of carbonyl (C=O) groups excluding carboxylic acids is 1. The van der Waals surface area contributed by atoms with Gasteiger partial charge in [0.15, 0.2) is 0 Å². The summed E-state index contributed by atoms with van der Waals surface area (Å²) in [6.07, 6.45) is 2.70. The standard InChI is InChI=1S/C14H21NO2/c1-6-10-8-11(13(16)17-7-2)12(15-9-10)14(3,4)5/h8-9H,6-7H2,1-5H3. The lowest BCUT2D eigenvalue weighted by atomic mass is 9.87. The number of aryl methyl sites for hydroxylation is 1. The molecule has 94 valence electrons. The maximum Gasteiger partial charge on any atom is 0.340 e. The third-order valence-corrected chi connectivity index (χ3v) is 2.56. The quantitative estimate of drug-likeness (QED) is 0.756. The van der Waals surface area contributed by atoms with Crippen molar-refractivity contribution in [2.24, 2.45) is 0 Å². The Bertz CT molecular complexity index is 405. The van der Waals surface area contributed by atoms with Crippen molar-refractivity contribution >= 4 is 5.97 Å². The summed E-state index contributed by atoms with van der Waals surface area (Å²) < 4.78 is 5.08. The molecule has 0 aromatic carbocycles. The molecule has 0 atom stereocenters. The molecule has 1 heterocycles. The number of pyridine rings is 1. The first-order valence-electron chi connectivity index (χ1n) is 6.06. The molecule has 17 heavy (non-hydrogen) atoms. The van der Waals surface area contributed by atoms with Gasteiger partial charge in [0.1, 0.15) is 0 Å². The monoisotopic (exact) mass is 235 g/mol. The van der Waals surface area contributed by atoms with Gasteiger partial charge in [-0.1, -0.05) is 27.7 Å². The third kappa shape index (κ3) is 3.29. The highest BCUT2D eigenvalue weighted by molar-refractivity contribution is 5.91. The first-order valence-corrected chi connectivity index (χ1v) is 6.06. The van der Waals surface area contributed by atoms with Gasteiger partial charge in [0, 0.05) is 11.6 Å². The number of nitrogens with zero attached hydrogens (tertiary/aromatic N) is 1. The largest absolute Gasteiger partial charge is 0.462 e. The minimum atomic E-state index is -0.278. The molecule has 1 aromatic heterocycles. The zero-order valence-corrected chi connectivity index (χ0v) is 11.3. The van der Waals surface area contributed by atoms with Crippen molar-refractivity contribution in [3.8, 4) is 0 Å². The van der Waals surface area contributed by atoms with E-state index < -0.39 is 0 Å². The average molecular weight is 235 g/mol. The fourth-order valence-electron chi connectivity index (χ4n) is 1.66. The van der Waals surface area contributed by atoms with Crippen LogP contribution in [-0.4, -0.2) is 17.6 Å². The van der Waals surface area contributed by atoms with Gasteiger partial charge in [0.05, 0.1) is 17.9 Å². The molecular weight excluding hydrogens is 214 g/mol. The van der Waals surface area contributed by atoms with Crippen molar-refractivity contribution < 1.29 is 9.53 Å². The molecule has 0 saturated heterocycles. The molecule has 3 heteroatoms. The summed E-state index contributed by atoms with van der Waals surface area (Å²) in [5.74, 6) is -0.278. The van der Waals surface area contributed by atoms with Crippen molar-refractivity contribution in [1.82, 2.24) is 4.98 Å². The van der Waals surface area contributed by atoms with E-state index in [1.54, 1.807) is 0 Å². The van der Waals surface area contributed by atoms with Crippen molar-refractivity contribution in [2.45, 2.75) is 46.5 Å². The van der Waals surface area contributed by atoms with Crippen molar-refractivity contribution in [2.75, 3.05) is 6.61 Å². The Morgan fingerprint density at radius 2 is 2.00 bits per heavy atom. The van der Waals surface area contributed by atoms with E-state index in [1.165, 1.54) is 0 Å². The molecule has 0 aliphatic rings. The second-order valence-electron chi connectivity index (χ2n) is 5.06. The van der Waals surface area contributed by atoms with Crippen LogP contribution in [-0.2, 0) is 16.6 Å². The Hall–Kier alpha value is -1.38. The van der Waals surface area contributed by atoms with E-state index in [4.69, 9.17) is 4.74 Å². The van der Waals surface area contributed by atoms with E-state index in [0.29, 0.717) is 12.2 Å². The van der Waals surface area contributed by atoms with Crippen molar-refractivity contribution in [3.63, 3.8) is 0 Å². The molecule has 3 nitrogen and oxygen atoms in total. The van der Waals surface area contributed by atoms with Crippen molar-refractivity contribution in [1.29, 1.82) is 0 Å². The van der Waals surface area contributed by atoms with Gasteiger partial charge in [0.2, 0.25) is 0 Å². The SMILES string of the molecule is CCOC(=O)c1cc(CC)cnc1C(C)(C)C. The van der Waals surface area contributed by atoms with E-state index >= 15 is 0 Å². The number of hydrogen-bond acceptors (Lipinski definition) is 3. The number of hydrogen-bond donors (Lipinski definition) is 0. The van der Waals surface area contributed by atoms with E-state index in [2.05, 4.69) is 4.98 Å². The van der Waals surface area contributed by atoms with Crippen LogP contribution in [0.3, 0.4) is 0 Å². The highest BCUT2D eigenvalue weighted by Crippen LogP contribution is 2.25. The summed E-state index contributed by atoms with van der Waals surface area (Å²) in [4.78, 5) is 16.3. The van der Waals surface area contributed by atoms with Gasteiger partial charge in [-0.15, -0.1) is 0 Å². The molecule has 1 rings (SSSR count). The van der Waals surface area contributed by atoms with Crippen LogP contribution in [0.2, 0.25) is 0 Å². The van der Waals surface area contributed by atoms with Gasteiger partial charge < -0.3 is 4.74 Å².